The van der Waals surface area contributed by atoms with Gasteiger partial charge in [0.1, 0.15) is 8.07 Å². The van der Waals surface area contributed by atoms with Crippen molar-refractivity contribution in [2.24, 2.45) is 0 Å². The maximum absolute atomic E-state index is 13.7. The number of aliphatic hydroxyl groups is 3. The molecule has 0 spiro atoms. The molecule has 0 rings (SSSR count). The topological polar surface area (TPSA) is 121 Å². The van der Waals surface area contributed by atoms with Gasteiger partial charge in [0.05, 0.1) is 0 Å². The van der Waals surface area contributed by atoms with Crippen molar-refractivity contribution in [1.29, 1.82) is 0 Å². The summed E-state index contributed by atoms with van der Waals surface area (Å²) in [6.07, 6.45) is -17.8. The van der Waals surface area contributed by atoms with Crippen molar-refractivity contribution in [2.75, 3.05) is 18.7 Å². The molecule has 0 aromatic rings. The quantitative estimate of drug-likeness (QED) is 0.0477. The summed E-state index contributed by atoms with van der Waals surface area (Å²) in [6.45, 7) is -1.25. The van der Waals surface area contributed by atoms with Gasteiger partial charge < -0.3 is 29.7 Å². The summed E-state index contributed by atoms with van der Waals surface area (Å²) in [6, 6.07) is -3.97. The van der Waals surface area contributed by atoms with Gasteiger partial charge in [-0.2, -0.15) is 145 Å². The first-order valence-electron chi connectivity index (χ1n) is 15.3. The fourth-order valence-corrected chi connectivity index (χ4v) is 6.21. The molecule has 0 aliphatic carbocycles. The van der Waals surface area contributed by atoms with E-state index in [1.165, 1.54) is 0 Å². The second-order valence-corrected chi connectivity index (χ2v) is 19.9. The summed E-state index contributed by atoms with van der Waals surface area (Å²) in [5.74, 6) is -119. The largest absolute Gasteiger partial charge is 0.492 e. The normalized spacial score (nSPS) is 16.4. The predicted molar refractivity (Wildman–Crippen MR) is 144 cm³/mol. The standard InChI is InChI=1S/C13H13F17O3Si.C11H10F16O3Si/c14-6(15,1-2-34(3-31,4-32)5-33)7(16,17)8(18,19)9(20,21)10(22,23)11(24,25)12(26,27)13(28,29)30;1-4(12,13)6(16,17)8(20,21)10(24,25)11(26,27)9(22,23)7(18,19)5(14,15)2-3-31(28,29)30/h31-33H,1-5H2;28-30H,2-3H2,1H3. The van der Waals surface area contributed by atoms with E-state index < -0.39 is 162 Å². The monoisotopic (exact) mass is 1090 g/mol. The summed E-state index contributed by atoms with van der Waals surface area (Å²) in [7, 11) is -9.95. The first-order chi connectivity index (χ1) is 27.6. The van der Waals surface area contributed by atoms with Crippen LogP contribution in [-0.2, 0) is 0 Å². The van der Waals surface area contributed by atoms with Crippen LogP contribution in [0.1, 0.15) is 19.8 Å². The molecular formula is C24H23F33O6Si2. The number of rotatable bonds is 22. The van der Waals surface area contributed by atoms with Gasteiger partial charge in [-0.25, -0.2) is 0 Å². The van der Waals surface area contributed by atoms with Gasteiger partial charge in [-0.05, 0) is 6.04 Å². The molecule has 0 amide bonds. The van der Waals surface area contributed by atoms with Crippen LogP contribution in [0.2, 0.25) is 12.1 Å². The lowest BCUT2D eigenvalue weighted by Gasteiger charge is -2.43. The van der Waals surface area contributed by atoms with Crippen LogP contribution >= 0.6 is 0 Å². The molecule has 0 aromatic carbocycles. The van der Waals surface area contributed by atoms with Crippen molar-refractivity contribution in [3.8, 4) is 0 Å². The Labute approximate surface area is 337 Å². The molecule has 0 heterocycles. The molecular weight excluding hydrogens is 1070 g/mol. The highest BCUT2D eigenvalue weighted by Gasteiger charge is 2.96. The van der Waals surface area contributed by atoms with Crippen molar-refractivity contribution in [2.45, 2.75) is 127 Å². The minimum atomic E-state index is -8.69. The van der Waals surface area contributed by atoms with E-state index in [0.717, 1.165) is 0 Å². The summed E-state index contributed by atoms with van der Waals surface area (Å²) in [5, 5.41) is 26.7. The van der Waals surface area contributed by atoms with Crippen molar-refractivity contribution < 1.29 is 175 Å². The second-order valence-electron chi connectivity index (χ2n) is 13.4. The van der Waals surface area contributed by atoms with Crippen molar-refractivity contribution in [3.05, 3.63) is 0 Å². The smallest absolute Gasteiger partial charge is 0.399 e. The third kappa shape index (κ3) is 10.3. The van der Waals surface area contributed by atoms with E-state index >= 15 is 0 Å². The molecule has 0 aliphatic heterocycles. The molecule has 0 aliphatic rings. The van der Waals surface area contributed by atoms with E-state index in [1.54, 1.807) is 0 Å². The zero-order chi connectivity index (χ0) is 53.9. The highest BCUT2D eigenvalue weighted by molar-refractivity contribution is 6.79. The van der Waals surface area contributed by atoms with Gasteiger partial charge in [-0.15, -0.1) is 0 Å². The maximum Gasteiger partial charge on any atom is 0.492 e. The number of alkyl halides is 33. The summed E-state index contributed by atoms with van der Waals surface area (Å²) < 4.78 is 434. The van der Waals surface area contributed by atoms with E-state index in [0.29, 0.717) is 0 Å². The van der Waals surface area contributed by atoms with E-state index in [9.17, 15) is 145 Å². The van der Waals surface area contributed by atoms with Gasteiger partial charge in [-0.1, -0.05) is 0 Å². The lowest BCUT2D eigenvalue weighted by molar-refractivity contribution is -0.461. The third-order valence-corrected chi connectivity index (χ3v) is 12.8. The van der Waals surface area contributed by atoms with Crippen LogP contribution in [0, 0.1) is 0 Å². The first-order valence-corrected chi connectivity index (χ1v) is 20.2. The predicted octanol–water partition coefficient (Wildman–Crippen LogP) is 8.82. The van der Waals surface area contributed by atoms with Gasteiger partial charge in [0, 0.05) is 44.5 Å². The molecule has 6 nitrogen and oxygen atoms in total. The number of halogens is 33. The van der Waals surface area contributed by atoms with Crippen LogP contribution in [0.5, 0.6) is 0 Å². The number of hydrogen-bond acceptors (Lipinski definition) is 6. The van der Waals surface area contributed by atoms with Gasteiger partial charge in [0.25, 0.3) is 0 Å². The molecule has 0 bridgehead atoms. The summed E-state index contributed by atoms with van der Waals surface area (Å²) in [5.41, 5.74) is 0. The number of aliphatic hydroxyl groups excluding tert-OH is 3. The zero-order valence-corrected chi connectivity index (χ0v) is 32.1. The molecule has 0 unspecified atom stereocenters. The van der Waals surface area contributed by atoms with Gasteiger partial charge in [-0.3, -0.25) is 0 Å². The molecule has 0 aromatic heterocycles. The van der Waals surface area contributed by atoms with Crippen molar-refractivity contribution in [3.63, 3.8) is 0 Å². The Bertz CT molecular complexity index is 1570. The van der Waals surface area contributed by atoms with E-state index in [2.05, 4.69) is 0 Å². The van der Waals surface area contributed by atoms with Crippen LogP contribution < -0.4 is 0 Å². The molecule has 394 valence electrons. The first kappa shape index (κ1) is 65.0. The van der Waals surface area contributed by atoms with E-state index in [1.807, 2.05) is 0 Å². The SMILES string of the molecule is CC(F)(F)C(F)(F)C(F)(F)C(F)(F)C(F)(F)C(F)(F)C(F)(F)C(F)(F)CC[Si](O)(O)O.OC[Si](CO)(CO)CCC(F)(F)C(F)(F)C(F)(F)C(F)(F)C(F)(F)C(F)(F)C(F)(F)C(F)(F)F. The highest BCUT2D eigenvalue weighted by atomic mass is 28.4. The Morgan fingerprint density at radius 3 is 0.692 bits per heavy atom. The van der Waals surface area contributed by atoms with Crippen LogP contribution in [0.15, 0.2) is 0 Å². The second kappa shape index (κ2) is 18.0. The third-order valence-electron chi connectivity index (χ3n) is 8.52. The van der Waals surface area contributed by atoms with Gasteiger partial charge >= 0.3 is 104 Å². The molecule has 0 saturated heterocycles. The molecule has 0 atom stereocenters. The Hall–Kier alpha value is -2.12. The Morgan fingerprint density at radius 2 is 0.492 bits per heavy atom. The van der Waals surface area contributed by atoms with Crippen molar-refractivity contribution in [1.82, 2.24) is 0 Å². The fraction of sp³-hybridized carbons (Fsp3) is 1.00. The minimum absolute atomic E-state index is 1.25. The fourth-order valence-electron chi connectivity index (χ4n) is 3.94. The van der Waals surface area contributed by atoms with Crippen LogP contribution in [0.4, 0.5) is 145 Å². The van der Waals surface area contributed by atoms with Gasteiger partial charge in [0.15, 0.2) is 0 Å². The molecule has 6 N–H and O–H groups in total. The van der Waals surface area contributed by atoms with Crippen LogP contribution in [-0.4, -0.2) is 160 Å². The average Bonchev–Trinajstić information content (AvgIpc) is 3.09. The van der Waals surface area contributed by atoms with Crippen LogP contribution in [0.25, 0.3) is 0 Å². The highest BCUT2D eigenvalue weighted by Crippen LogP contribution is 2.66. The Balaban J connectivity index is 0. The average molecular weight is 1090 g/mol. The van der Waals surface area contributed by atoms with E-state index in [4.69, 9.17) is 29.7 Å². The maximum atomic E-state index is 13.7. The molecule has 0 fully saturated rings. The lowest BCUT2D eigenvalue weighted by atomic mass is 9.87. The molecule has 0 saturated carbocycles. The molecule has 65 heavy (non-hydrogen) atoms. The summed E-state index contributed by atoms with van der Waals surface area (Å²) in [4.78, 5) is 25.1. The summed E-state index contributed by atoms with van der Waals surface area (Å²) >= 11 is 0. The lowest BCUT2D eigenvalue weighted by Crippen LogP contribution is -2.74. The van der Waals surface area contributed by atoms with Crippen molar-refractivity contribution >= 4 is 16.9 Å². The minimum Gasteiger partial charge on any atom is -0.399 e. The Morgan fingerprint density at radius 1 is 0.292 bits per heavy atom. The zero-order valence-electron chi connectivity index (χ0n) is 30.1. The molecule has 41 heteroatoms. The Kier molecular flexibility index (Phi) is 18.0. The number of hydrogen-bond donors (Lipinski definition) is 6. The van der Waals surface area contributed by atoms with E-state index in [-0.39, 0.29) is 0 Å². The molecule has 0 radical (unpaired) electrons. The van der Waals surface area contributed by atoms with Crippen LogP contribution in [0.3, 0.4) is 0 Å². The van der Waals surface area contributed by atoms with Gasteiger partial charge in [0.2, 0.25) is 0 Å².